The van der Waals surface area contributed by atoms with E-state index < -0.39 is 0 Å². The van der Waals surface area contributed by atoms with Crippen LogP contribution in [0.2, 0.25) is 0 Å². The number of hydrogen-bond acceptors (Lipinski definition) is 12. The van der Waals surface area contributed by atoms with Crippen molar-refractivity contribution >= 4 is 5.97 Å². The van der Waals surface area contributed by atoms with Crippen LogP contribution in [0.5, 0.6) is 0 Å². The molecule has 0 bridgehead atoms. The van der Waals surface area contributed by atoms with Gasteiger partial charge in [-0.25, -0.2) is 0 Å². The third kappa shape index (κ3) is 37.0. The maximum Gasteiger partial charge on any atom is 0.308 e. The molecular formula is C29H58O12. The van der Waals surface area contributed by atoms with Crippen LogP contribution in [0.15, 0.2) is 0 Å². The van der Waals surface area contributed by atoms with Crippen LogP contribution >= 0.6 is 0 Å². The molecule has 12 heteroatoms. The Hall–Kier alpha value is -0.930. The molecule has 0 saturated carbocycles. The lowest BCUT2D eigenvalue weighted by Gasteiger charge is -2.09. The smallest absolute Gasteiger partial charge is 0.308 e. The van der Waals surface area contributed by atoms with Crippen molar-refractivity contribution in [1.82, 2.24) is 0 Å². The minimum atomic E-state index is -0.248. The summed E-state index contributed by atoms with van der Waals surface area (Å²) in [6.45, 7) is 14.9. The Morgan fingerprint density at radius 1 is 0.366 bits per heavy atom. The molecule has 0 heterocycles. The van der Waals surface area contributed by atoms with Crippen LogP contribution in [0.4, 0.5) is 0 Å². The number of unbranched alkanes of at least 4 members (excludes halogenated alkanes) is 3. The maximum atomic E-state index is 11.1. The number of carbonyl (C=O) groups excluding carboxylic acids is 1. The molecule has 0 aromatic carbocycles. The van der Waals surface area contributed by atoms with Gasteiger partial charge in [-0.05, 0) is 13.3 Å². The zero-order chi connectivity index (χ0) is 29.7. The van der Waals surface area contributed by atoms with Gasteiger partial charge in [-0.3, -0.25) is 4.79 Å². The van der Waals surface area contributed by atoms with Gasteiger partial charge in [0.25, 0.3) is 0 Å². The van der Waals surface area contributed by atoms with Gasteiger partial charge in [0.1, 0.15) is 0 Å². The fourth-order valence-electron chi connectivity index (χ4n) is 3.10. The van der Waals surface area contributed by atoms with E-state index in [0.717, 1.165) is 13.0 Å². The molecule has 0 radical (unpaired) electrons. The summed E-state index contributed by atoms with van der Waals surface area (Å²) < 4.78 is 59.2. The summed E-state index contributed by atoms with van der Waals surface area (Å²) in [5.41, 5.74) is 0. The molecule has 0 fully saturated rings. The second-order valence-corrected chi connectivity index (χ2v) is 8.74. The van der Waals surface area contributed by atoms with Crippen LogP contribution in [-0.4, -0.2) is 145 Å². The van der Waals surface area contributed by atoms with E-state index in [9.17, 15) is 4.79 Å². The van der Waals surface area contributed by atoms with E-state index in [1.165, 1.54) is 19.3 Å². The summed E-state index contributed by atoms with van der Waals surface area (Å²) in [6.07, 6.45) is 5.15. The van der Waals surface area contributed by atoms with E-state index in [1.54, 1.807) is 6.92 Å². The van der Waals surface area contributed by atoms with Gasteiger partial charge < -0.3 is 52.1 Å². The van der Waals surface area contributed by atoms with Crippen molar-refractivity contribution in [2.24, 2.45) is 0 Å². The summed E-state index contributed by atoms with van der Waals surface area (Å²) in [5.74, 6) is -0.248. The van der Waals surface area contributed by atoms with E-state index in [-0.39, 0.29) is 12.4 Å². The van der Waals surface area contributed by atoms with E-state index in [4.69, 9.17) is 52.1 Å². The van der Waals surface area contributed by atoms with Crippen molar-refractivity contribution in [3.05, 3.63) is 0 Å². The Kier molecular flexibility index (Phi) is 36.3. The van der Waals surface area contributed by atoms with E-state index >= 15 is 0 Å². The number of rotatable bonds is 36. The predicted molar refractivity (Wildman–Crippen MR) is 154 cm³/mol. The Balaban J connectivity index is 3.05. The van der Waals surface area contributed by atoms with Crippen LogP contribution in [0.3, 0.4) is 0 Å². The standard InChI is InChI=1S/C29H58O12/c1-3-5-6-7-9-31-11-13-33-15-17-35-19-21-37-23-25-39-27-28-40-26-24-38-22-20-36-18-16-34-14-12-32-10-8-29(30)41-4-2/h3-28H2,1-2H3. The fraction of sp³-hybridized carbons (Fsp3) is 0.966. The fourth-order valence-corrected chi connectivity index (χ4v) is 3.10. The first kappa shape index (κ1) is 40.1. The Morgan fingerprint density at radius 2 is 0.659 bits per heavy atom. The number of carbonyl (C=O) groups is 1. The van der Waals surface area contributed by atoms with E-state index in [2.05, 4.69) is 6.92 Å². The first-order valence-corrected chi connectivity index (χ1v) is 15.2. The van der Waals surface area contributed by atoms with Crippen LogP contribution < -0.4 is 0 Å². The highest BCUT2D eigenvalue weighted by molar-refractivity contribution is 5.69. The largest absolute Gasteiger partial charge is 0.466 e. The average molecular weight is 599 g/mol. The molecule has 0 unspecified atom stereocenters. The normalized spacial score (nSPS) is 11.4. The quantitative estimate of drug-likeness (QED) is 0.0779. The van der Waals surface area contributed by atoms with Gasteiger partial charge in [-0.2, -0.15) is 0 Å². The maximum absolute atomic E-state index is 11.1. The van der Waals surface area contributed by atoms with Crippen molar-refractivity contribution in [3.63, 3.8) is 0 Å². The van der Waals surface area contributed by atoms with Crippen molar-refractivity contribution < 1.29 is 56.9 Å². The second kappa shape index (κ2) is 37.1. The van der Waals surface area contributed by atoms with Gasteiger partial charge in [0, 0.05) is 6.61 Å². The third-order valence-electron chi connectivity index (χ3n) is 5.25. The molecule has 0 saturated heterocycles. The van der Waals surface area contributed by atoms with Crippen LogP contribution in [0.1, 0.15) is 46.0 Å². The lowest BCUT2D eigenvalue weighted by molar-refractivity contribution is -0.144. The molecule has 0 spiro atoms. The van der Waals surface area contributed by atoms with Crippen molar-refractivity contribution in [2.45, 2.75) is 46.0 Å². The molecular weight excluding hydrogens is 540 g/mol. The number of esters is 1. The van der Waals surface area contributed by atoms with Crippen molar-refractivity contribution in [1.29, 1.82) is 0 Å². The van der Waals surface area contributed by atoms with Gasteiger partial charge in [0.2, 0.25) is 0 Å². The lowest BCUT2D eigenvalue weighted by atomic mass is 10.2. The first-order valence-electron chi connectivity index (χ1n) is 15.2. The van der Waals surface area contributed by atoms with Crippen molar-refractivity contribution in [3.8, 4) is 0 Å². The average Bonchev–Trinajstić information content (AvgIpc) is 2.97. The number of ether oxygens (including phenoxy) is 11. The van der Waals surface area contributed by atoms with Gasteiger partial charge in [-0.1, -0.05) is 26.2 Å². The minimum absolute atomic E-state index is 0.248. The highest BCUT2D eigenvalue weighted by Crippen LogP contribution is 1.98. The topological polar surface area (TPSA) is 119 Å². The zero-order valence-electron chi connectivity index (χ0n) is 25.8. The molecule has 0 aromatic rings. The monoisotopic (exact) mass is 598 g/mol. The first-order chi connectivity index (χ1) is 20.3. The molecule has 41 heavy (non-hydrogen) atoms. The molecule has 0 aliphatic rings. The molecule has 246 valence electrons. The zero-order valence-corrected chi connectivity index (χ0v) is 25.8. The van der Waals surface area contributed by atoms with Crippen LogP contribution in [0.25, 0.3) is 0 Å². The van der Waals surface area contributed by atoms with E-state index in [1.807, 2.05) is 0 Å². The summed E-state index contributed by atoms with van der Waals surface area (Å²) in [7, 11) is 0. The molecule has 0 rings (SSSR count). The highest BCUT2D eigenvalue weighted by Gasteiger charge is 2.01. The van der Waals surface area contributed by atoms with Gasteiger partial charge in [0.15, 0.2) is 0 Å². The third-order valence-corrected chi connectivity index (χ3v) is 5.25. The van der Waals surface area contributed by atoms with Gasteiger partial charge >= 0.3 is 5.97 Å². The predicted octanol–water partition coefficient (Wildman–Crippen LogP) is 2.69. The second-order valence-electron chi connectivity index (χ2n) is 8.74. The van der Waals surface area contributed by atoms with Crippen LogP contribution in [0, 0.1) is 0 Å². The summed E-state index contributed by atoms with van der Waals surface area (Å²) in [6, 6.07) is 0. The molecule has 12 nitrogen and oxygen atoms in total. The Morgan fingerprint density at radius 3 is 0.951 bits per heavy atom. The minimum Gasteiger partial charge on any atom is -0.466 e. The number of hydrogen-bond donors (Lipinski definition) is 0. The molecule has 0 atom stereocenters. The lowest BCUT2D eigenvalue weighted by Crippen LogP contribution is -2.15. The summed E-state index contributed by atoms with van der Waals surface area (Å²) in [5, 5.41) is 0. The Bertz CT molecular complexity index is 498. The SMILES string of the molecule is CCCCCCOCCOCCOCCOCCOCCOCCOCCOCCOCCOCCC(=O)OCC. The van der Waals surface area contributed by atoms with Gasteiger partial charge in [-0.15, -0.1) is 0 Å². The molecule has 0 aromatic heterocycles. The summed E-state index contributed by atoms with van der Waals surface area (Å²) in [4.78, 5) is 11.1. The molecule has 0 aliphatic carbocycles. The van der Waals surface area contributed by atoms with Crippen LogP contribution in [-0.2, 0) is 56.9 Å². The molecule has 0 aliphatic heterocycles. The highest BCUT2D eigenvalue weighted by atomic mass is 16.6. The van der Waals surface area contributed by atoms with E-state index in [0.29, 0.717) is 132 Å². The van der Waals surface area contributed by atoms with Gasteiger partial charge in [0.05, 0.1) is 139 Å². The summed E-state index contributed by atoms with van der Waals surface area (Å²) >= 11 is 0. The molecule has 0 amide bonds. The molecule has 0 N–H and O–H groups in total. The Labute approximate surface area is 247 Å². The van der Waals surface area contributed by atoms with Crippen molar-refractivity contribution in [2.75, 3.05) is 139 Å².